The van der Waals surface area contributed by atoms with Crippen LogP contribution in [0.4, 0.5) is 0 Å². The van der Waals surface area contributed by atoms with Gasteiger partial charge >= 0.3 is 0 Å². The Bertz CT molecular complexity index is 2630. The second-order valence-corrected chi connectivity index (χ2v) is 21.6. The SMILES string of the molecule is C=CC1(C(C)C)CCC(c2cc3c4c5cc(c6c7cc8c(cc7n(c3cc2C)c46)C(=C)C2(C(C)C)CCC8(C(C)C)CC2)CCc2cccc(c2)CC5)(C(C)C)CC1.CC. The summed E-state index contributed by atoms with van der Waals surface area (Å²) in [6.07, 6.45) is 16.6. The quantitative estimate of drug-likeness (QED) is 0.148. The molecule has 5 aliphatic carbocycles. The number of aryl methyl sites for hydroxylation is 5. The summed E-state index contributed by atoms with van der Waals surface area (Å²) in [5.74, 6) is 2.34. The molecule has 0 aliphatic heterocycles. The van der Waals surface area contributed by atoms with E-state index in [-0.39, 0.29) is 21.7 Å². The molecule has 2 fully saturated rings. The van der Waals surface area contributed by atoms with Crippen LogP contribution in [-0.4, -0.2) is 4.40 Å². The summed E-state index contributed by atoms with van der Waals surface area (Å²) in [5, 5.41) is 6.00. The lowest BCUT2D eigenvalue weighted by Crippen LogP contribution is -2.42. The van der Waals surface area contributed by atoms with Crippen molar-refractivity contribution in [3.63, 3.8) is 0 Å². The van der Waals surface area contributed by atoms with E-state index in [4.69, 9.17) is 6.58 Å². The fourth-order valence-corrected chi connectivity index (χ4v) is 14.3. The van der Waals surface area contributed by atoms with Crippen LogP contribution >= 0.6 is 0 Å². The molecule has 316 valence electrons. The van der Waals surface area contributed by atoms with Crippen molar-refractivity contribution in [3.8, 4) is 0 Å². The largest absolute Gasteiger partial charge is 0.308 e. The highest BCUT2D eigenvalue weighted by atomic mass is 14.9. The molecule has 4 aromatic carbocycles. The smallest absolute Gasteiger partial charge is 0.0626 e. The number of hydrogen-bond donors (Lipinski definition) is 0. The van der Waals surface area contributed by atoms with Crippen LogP contribution in [0.2, 0.25) is 0 Å². The number of nitrogens with zero attached hydrogens (tertiary/aromatic N) is 1. The van der Waals surface area contributed by atoms with Gasteiger partial charge < -0.3 is 4.40 Å². The first-order chi connectivity index (χ1) is 28.7. The summed E-state index contributed by atoms with van der Waals surface area (Å²) in [6, 6.07) is 23.0. The van der Waals surface area contributed by atoms with Crippen LogP contribution in [0.1, 0.15) is 165 Å². The summed E-state index contributed by atoms with van der Waals surface area (Å²) in [4.78, 5) is 0. The van der Waals surface area contributed by atoms with Gasteiger partial charge in [-0.05, 0) is 204 Å². The van der Waals surface area contributed by atoms with Gasteiger partial charge in [-0.1, -0.05) is 112 Å². The Labute approximate surface area is 363 Å². The van der Waals surface area contributed by atoms with E-state index in [0.29, 0.717) is 23.7 Å². The van der Waals surface area contributed by atoms with Gasteiger partial charge in [-0.15, -0.1) is 6.58 Å². The molecule has 0 N–H and O–H groups in total. The summed E-state index contributed by atoms with van der Waals surface area (Å²) >= 11 is 0. The lowest BCUT2D eigenvalue weighted by molar-refractivity contribution is 0.0965. The average molecular weight is 798 g/mol. The lowest BCUT2D eigenvalue weighted by Gasteiger charge is -2.50. The van der Waals surface area contributed by atoms with Gasteiger partial charge in [0.05, 0.1) is 16.6 Å². The van der Waals surface area contributed by atoms with Crippen molar-refractivity contribution in [2.45, 2.75) is 164 Å². The van der Waals surface area contributed by atoms with Gasteiger partial charge in [0.2, 0.25) is 0 Å². The molecule has 1 heteroatoms. The van der Waals surface area contributed by atoms with Gasteiger partial charge in [-0.25, -0.2) is 0 Å². The monoisotopic (exact) mass is 798 g/mol. The molecule has 2 aromatic heterocycles. The van der Waals surface area contributed by atoms with Gasteiger partial charge in [-0.3, -0.25) is 0 Å². The van der Waals surface area contributed by atoms with E-state index in [1.54, 1.807) is 22.3 Å². The molecule has 2 heterocycles. The van der Waals surface area contributed by atoms with E-state index < -0.39 is 0 Å². The number of rotatable bonds is 6. The standard InChI is InChI=1S/C57H69N.C2H6/c1-12-54(34(2)3)20-22-56(23-21-54,36(6)7)47-31-45-49(28-38(47)10)58-50-33-44-39(11)55(35(4)5)24-26-57(27-25-55,37(8)9)48(44)32-46(50)52-43-19-17-41-15-13-14-40(29-41)16-18-42(30-43)51(45)53(52)58;1-2/h12-15,28-37H,1,11,16-27H2,2-10H3;1-2H3. The maximum absolute atomic E-state index is 5.08. The third kappa shape index (κ3) is 5.61. The maximum atomic E-state index is 5.08. The van der Waals surface area contributed by atoms with E-state index in [1.165, 1.54) is 117 Å². The third-order valence-electron chi connectivity index (χ3n) is 18.5. The van der Waals surface area contributed by atoms with Crippen LogP contribution in [0.5, 0.6) is 0 Å². The Morgan fingerprint density at radius 3 is 1.57 bits per heavy atom. The zero-order valence-electron chi connectivity index (χ0n) is 39.4. The van der Waals surface area contributed by atoms with Gasteiger partial charge in [0.25, 0.3) is 0 Å². The van der Waals surface area contributed by atoms with Crippen molar-refractivity contribution in [2.75, 3.05) is 0 Å². The van der Waals surface area contributed by atoms with Crippen LogP contribution in [0.15, 0.2) is 73.8 Å². The molecule has 6 aromatic rings. The highest BCUT2D eigenvalue weighted by Crippen LogP contribution is 2.64. The number of benzene rings is 4. The Morgan fingerprint density at radius 1 is 0.567 bits per heavy atom. The molecule has 0 atom stereocenters. The topological polar surface area (TPSA) is 4.41 Å². The molecule has 0 radical (unpaired) electrons. The van der Waals surface area contributed by atoms with E-state index in [0.717, 1.165) is 25.7 Å². The minimum absolute atomic E-state index is 0.158. The second-order valence-electron chi connectivity index (χ2n) is 21.6. The molecule has 6 bridgehead atoms. The predicted molar refractivity (Wildman–Crippen MR) is 262 cm³/mol. The molecular weight excluding hydrogens is 723 g/mol. The highest BCUT2D eigenvalue weighted by Gasteiger charge is 2.53. The maximum Gasteiger partial charge on any atom is 0.0626 e. The molecule has 5 aliphatic rings. The number of fused-ring (bicyclic) bond motifs is 14. The Morgan fingerprint density at radius 2 is 1.05 bits per heavy atom. The van der Waals surface area contributed by atoms with Crippen molar-refractivity contribution in [2.24, 2.45) is 34.5 Å². The fraction of sp³-hybridized carbons (Fsp3) is 0.525. The van der Waals surface area contributed by atoms with Gasteiger partial charge in [0.1, 0.15) is 0 Å². The van der Waals surface area contributed by atoms with E-state index in [9.17, 15) is 0 Å². The van der Waals surface area contributed by atoms with Crippen LogP contribution < -0.4 is 0 Å². The van der Waals surface area contributed by atoms with Gasteiger partial charge in [-0.2, -0.15) is 0 Å². The first-order valence-electron chi connectivity index (χ1n) is 24.4. The molecular formula is C59H75N. The minimum Gasteiger partial charge on any atom is -0.308 e. The normalized spacial score (nSPS) is 26.8. The predicted octanol–water partition coefficient (Wildman–Crippen LogP) is 16.5. The van der Waals surface area contributed by atoms with Crippen molar-refractivity contribution in [1.82, 2.24) is 4.40 Å². The van der Waals surface area contributed by atoms with Crippen LogP contribution in [0, 0.1) is 41.4 Å². The van der Waals surface area contributed by atoms with E-state index >= 15 is 0 Å². The third-order valence-corrected chi connectivity index (χ3v) is 18.5. The first-order valence-corrected chi connectivity index (χ1v) is 24.4. The van der Waals surface area contributed by atoms with Crippen molar-refractivity contribution in [1.29, 1.82) is 0 Å². The number of hydrogen-bond acceptors (Lipinski definition) is 0. The Kier molecular flexibility index (Phi) is 10.1. The van der Waals surface area contributed by atoms with Crippen LogP contribution in [0.3, 0.4) is 0 Å². The molecule has 2 saturated carbocycles. The lowest BCUT2D eigenvalue weighted by atomic mass is 9.54. The summed E-state index contributed by atoms with van der Waals surface area (Å²) in [5.41, 5.74) is 18.7. The molecule has 0 unspecified atom stereocenters. The van der Waals surface area contributed by atoms with E-state index in [2.05, 4.69) is 134 Å². The first kappa shape index (κ1) is 41.5. The molecule has 60 heavy (non-hydrogen) atoms. The fourth-order valence-electron chi connectivity index (χ4n) is 14.3. The molecule has 1 nitrogen and oxygen atoms in total. The summed E-state index contributed by atoms with van der Waals surface area (Å²) in [7, 11) is 0. The van der Waals surface area contributed by atoms with E-state index in [1.807, 2.05) is 13.8 Å². The van der Waals surface area contributed by atoms with Gasteiger partial charge in [0, 0.05) is 21.5 Å². The summed E-state index contributed by atoms with van der Waals surface area (Å²) in [6.45, 7) is 35.7. The molecule has 0 saturated heterocycles. The second kappa shape index (κ2) is 14.6. The zero-order chi connectivity index (χ0) is 42.7. The average Bonchev–Trinajstić information content (AvgIpc) is 3.69. The van der Waals surface area contributed by atoms with Crippen LogP contribution in [0.25, 0.3) is 43.7 Å². The number of aromatic nitrogens is 1. The van der Waals surface area contributed by atoms with Crippen molar-refractivity contribution >= 4 is 43.7 Å². The number of allylic oxidation sites excluding steroid dienone is 2. The van der Waals surface area contributed by atoms with Gasteiger partial charge in [0.15, 0.2) is 0 Å². The van der Waals surface area contributed by atoms with Crippen LogP contribution in [-0.2, 0) is 36.5 Å². The van der Waals surface area contributed by atoms with Crippen molar-refractivity contribution < 1.29 is 0 Å². The zero-order valence-corrected chi connectivity index (χ0v) is 39.4. The molecule has 11 rings (SSSR count). The molecule has 0 spiro atoms. The van der Waals surface area contributed by atoms with Crippen molar-refractivity contribution in [3.05, 3.63) is 118 Å². The summed E-state index contributed by atoms with van der Waals surface area (Å²) < 4.78 is 2.76. The Hall–Kier alpha value is -3.84. The molecule has 0 amide bonds. The minimum atomic E-state index is 0.158. The Balaban J connectivity index is 0.00000228. The highest BCUT2D eigenvalue weighted by molar-refractivity contribution is 6.25.